The molecule has 3 aromatic carbocycles. The highest BCUT2D eigenvalue weighted by atomic mass is 31.2. The van der Waals surface area contributed by atoms with Gasteiger partial charge in [0.2, 0.25) is 0 Å². The lowest BCUT2D eigenvalue weighted by atomic mass is 10.0. The first-order valence-electron chi connectivity index (χ1n) is 14.1. The van der Waals surface area contributed by atoms with Gasteiger partial charge in [0.25, 0.3) is 0 Å². The fraction of sp³-hybridized carbons (Fsp3) is 0.394. The first-order valence-corrected chi connectivity index (χ1v) is 15.7. The largest absolute Gasteiger partial charge is 0.444 e. The highest BCUT2D eigenvalue weighted by molar-refractivity contribution is 7.54. The van der Waals surface area contributed by atoms with Crippen molar-refractivity contribution in [1.29, 1.82) is 0 Å². The number of nitrogens with zero attached hydrogens (tertiary/aromatic N) is 1. The molecule has 0 aromatic heterocycles. The molecule has 2 atom stereocenters. The van der Waals surface area contributed by atoms with Gasteiger partial charge in [0.15, 0.2) is 5.78 Å². The molecule has 0 spiro atoms. The van der Waals surface area contributed by atoms with Crippen LogP contribution in [0.3, 0.4) is 0 Å². The third-order valence-electron chi connectivity index (χ3n) is 6.33. The molecule has 0 aliphatic heterocycles. The molecular formula is C33H41N2O5P. The Hall–Kier alpha value is -3.25. The van der Waals surface area contributed by atoms with Gasteiger partial charge in [-0.2, -0.15) is 0 Å². The van der Waals surface area contributed by atoms with Gasteiger partial charge in [0.05, 0.1) is 24.0 Å². The minimum absolute atomic E-state index is 0.426. The quantitative estimate of drug-likeness (QED) is 0.202. The molecule has 2 unspecified atom stereocenters. The van der Waals surface area contributed by atoms with E-state index in [-0.39, 0.29) is 0 Å². The van der Waals surface area contributed by atoms with Gasteiger partial charge in [-0.05, 0) is 72.1 Å². The van der Waals surface area contributed by atoms with Gasteiger partial charge in [0, 0.05) is 11.1 Å². The van der Waals surface area contributed by atoms with E-state index in [0.717, 1.165) is 27.8 Å². The molecule has 0 heterocycles. The Morgan fingerprint density at radius 3 is 1.78 bits per heavy atom. The molecule has 0 saturated carbocycles. The Kier molecular flexibility index (Phi) is 9.22. The summed E-state index contributed by atoms with van der Waals surface area (Å²) in [5, 5.41) is 2.99. The maximum Gasteiger partial charge on any atom is 0.408 e. The van der Waals surface area contributed by atoms with E-state index in [1.807, 2.05) is 95.3 Å². The standard InChI is InChI=1S/C33H41N2O5P/c1-21(2)39-41(37,40-22(3)4)31(29(24-15-13-14-23(5)20-24)35-32(36)38-33(6,7)8)34-30-27-18-11-9-16-25(27)26-17-10-12-19-28(26)30/h9-22,29,31H,1-8H3,(H,35,36). The summed E-state index contributed by atoms with van der Waals surface area (Å²) >= 11 is 0. The molecule has 0 saturated heterocycles. The number of fused-ring (bicyclic) bond motifs is 3. The van der Waals surface area contributed by atoms with Crippen molar-refractivity contribution in [2.45, 2.75) is 85.0 Å². The predicted molar refractivity (Wildman–Crippen MR) is 165 cm³/mol. The summed E-state index contributed by atoms with van der Waals surface area (Å²) in [6, 6.07) is 22.8. The molecule has 218 valence electrons. The molecule has 41 heavy (non-hydrogen) atoms. The van der Waals surface area contributed by atoms with Crippen LogP contribution in [-0.4, -0.2) is 35.4 Å². The normalized spacial score (nSPS) is 14.4. The van der Waals surface area contributed by atoms with Crippen molar-refractivity contribution in [3.05, 3.63) is 95.1 Å². The highest BCUT2D eigenvalue weighted by Gasteiger charge is 2.46. The number of alkyl carbamates (subject to hydrolysis) is 1. The average Bonchev–Trinajstić information content (AvgIpc) is 3.17. The van der Waals surface area contributed by atoms with Crippen LogP contribution < -0.4 is 5.32 Å². The summed E-state index contributed by atoms with van der Waals surface area (Å²) in [4.78, 5) is 18.5. The molecule has 3 aromatic rings. The van der Waals surface area contributed by atoms with Crippen molar-refractivity contribution >= 4 is 19.4 Å². The minimum atomic E-state index is -4.02. The fourth-order valence-corrected chi connectivity index (χ4v) is 7.30. The molecule has 7 nitrogen and oxygen atoms in total. The smallest absolute Gasteiger partial charge is 0.408 e. The third-order valence-corrected chi connectivity index (χ3v) is 8.82. The fourth-order valence-electron chi connectivity index (χ4n) is 4.96. The molecule has 8 heteroatoms. The van der Waals surface area contributed by atoms with Gasteiger partial charge in [-0.3, -0.25) is 9.56 Å². The van der Waals surface area contributed by atoms with E-state index in [0.29, 0.717) is 11.3 Å². The Morgan fingerprint density at radius 1 is 0.805 bits per heavy atom. The Morgan fingerprint density at radius 2 is 1.32 bits per heavy atom. The summed E-state index contributed by atoms with van der Waals surface area (Å²) in [6.45, 7) is 14.6. The second kappa shape index (κ2) is 12.3. The minimum Gasteiger partial charge on any atom is -0.444 e. The van der Waals surface area contributed by atoms with E-state index in [1.54, 1.807) is 20.8 Å². The van der Waals surface area contributed by atoms with E-state index in [9.17, 15) is 9.36 Å². The molecule has 0 bridgehead atoms. The molecular weight excluding hydrogens is 535 g/mol. The lowest BCUT2D eigenvalue weighted by Crippen LogP contribution is -2.40. The number of benzene rings is 3. The van der Waals surface area contributed by atoms with E-state index in [2.05, 4.69) is 17.4 Å². The van der Waals surface area contributed by atoms with Crippen LogP contribution in [0, 0.1) is 6.92 Å². The molecule has 4 rings (SSSR count). The summed E-state index contributed by atoms with van der Waals surface area (Å²) < 4.78 is 32.9. The number of carbonyl (C=O) groups excluding carboxylic acids is 1. The van der Waals surface area contributed by atoms with Gasteiger partial charge in [0.1, 0.15) is 5.60 Å². The first kappa shape index (κ1) is 30.7. The molecule has 0 radical (unpaired) electrons. The summed E-state index contributed by atoms with van der Waals surface area (Å²) in [5.41, 5.74) is 5.53. The van der Waals surface area contributed by atoms with Gasteiger partial charge in [-0.25, -0.2) is 4.79 Å². The lowest BCUT2D eigenvalue weighted by Gasteiger charge is -2.34. The van der Waals surface area contributed by atoms with Crippen molar-refractivity contribution in [1.82, 2.24) is 5.32 Å². The van der Waals surface area contributed by atoms with Crippen LogP contribution in [-0.2, 0) is 18.3 Å². The van der Waals surface area contributed by atoms with Crippen LogP contribution in [0.2, 0.25) is 0 Å². The number of carbonyl (C=O) groups is 1. The Bertz CT molecular complexity index is 1410. The van der Waals surface area contributed by atoms with Crippen molar-refractivity contribution in [2.75, 3.05) is 0 Å². The number of hydrogen-bond donors (Lipinski definition) is 1. The van der Waals surface area contributed by atoms with E-state index in [1.165, 1.54) is 0 Å². The van der Waals surface area contributed by atoms with E-state index < -0.39 is 43.3 Å². The van der Waals surface area contributed by atoms with Crippen LogP contribution in [0.25, 0.3) is 11.1 Å². The van der Waals surface area contributed by atoms with Crippen LogP contribution in [0.15, 0.2) is 77.8 Å². The maximum absolute atomic E-state index is 15.0. The molecule has 1 amide bonds. The second-order valence-electron chi connectivity index (χ2n) is 11.9. The SMILES string of the molecule is Cc1cccc(C(NC(=O)OC(C)(C)C)C(N=C2c3ccccc3-c3ccccc32)P(=O)(OC(C)C)OC(C)C)c1. The topological polar surface area (TPSA) is 86.2 Å². The van der Waals surface area contributed by atoms with Crippen molar-refractivity contribution in [3.63, 3.8) is 0 Å². The highest BCUT2D eigenvalue weighted by Crippen LogP contribution is 2.59. The monoisotopic (exact) mass is 576 g/mol. The number of aliphatic imine (C=N–C) groups is 1. The summed E-state index contributed by atoms with van der Waals surface area (Å²) in [5.74, 6) is -1.13. The van der Waals surface area contributed by atoms with Crippen molar-refractivity contribution in [2.24, 2.45) is 4.99 Å². The molecule has 0 fully saturated rings. The molecule has 1 aliphatic rings. The summed E-state index contributed by atoms with van der Waals surface area (Å²) in [6.07, 6.45) is -1.50. The van der Waals surface area contributed by atoms with Gasteiger partial charge in [-0.1, -0.05) is 78.4 Å². The van der Waals surface area contributed by atoms with E-state index in [4.69, 9.17) is 18.8 Å². The third kappa shape index (κ3) is 7.34. The molecule has 1 aliphatic carbocycles. The van der Waals surface area contributed by atoms with Gasteiger partial charge < -0.3 is 19.1 Å². The average molecular weight is 577 g/mol. The predicted octanol–water partition coefficient (Wildman–Crippen LogP) is 8.45. The maximum atomic E-state index is 15.0. The number of amides is 1. The number of nitrogens with one attached hydrogen (secondary N) is 1. The van der Waals surface area contributed by atoms with Crippen LogP contribution >= 0.6 is 7.60 Å². The zero-order valence-corrected chi connectivity index (χ0v) is 26.1. The second-order valence-corrected chi connectivity index (χ2v) is 13.9. The Labute approximate surface area is 243 Å². The number of rotatable bonds is 9. The molecule has 1 N–H and O–H groups in total. The number of ether oxygens (including phenoxy) is 1. The van der Waals surface area contributed by atoms with Gasteiger partial charge in [-0.15, -0.1) is 0 Å². The lowest BCUT2D eigenvalue weighted by molar-refractivity contribution is 0.0498. The zero-order valence-electron chi connectivity index (χ0n) is 25.2. The summed E-state index contributed by atoms with van der Waals surface area (Å²) in [7, 11) is -4.02. The van der Waals surface area contributed by atoms with Crippen molar-refractivity contribution in [3.8, 4) is 11.1 Å². The zero-order chi connectivity index (χ0) is 29.9. The number of hydrogen-bond acceptors (Lipinski definition) is 6. The first-order chi connectivity index (χ1) is 19.3. The van der Waals surface area contributed by atoms with Crippen LogP contribution in [0.1, 0.15) is 76.8 Å². The Balaban J connectivity index is 1.99. The van der Waals surface area contributed by atoms with Crippen LogP contribution in [0.5, 0.6) is 0 Å². The van der Waals surface area contributed by atoms with Crippen LogP contribution in [0.4, 0.5) is 4.79 Å². The van der Waals surface area contributed by atoms with Crippen molar-refractivity contribution < 1.29 is 23.1 Å². The van der Waals surface area contributed by atoms with E-state index >= 15 is 0 Å². The number of aryl methyl sites for hydroxylation is 1. The van der Waals surface area contributed by atoms with Gasteiger partial charge >= 0.3 is 13.7 Å².